The van der Waals surface area contributed by atoms with Crippen LogP contribution in [0.25, 0.3) is 0 Å². The molecular formula is C14H19ClN. The summed E-state index contributed by atoms with van der Waals surface area (Å²) in [6.45, 7) is 4.58. The summed E-state index contributed by atoms with van der Waals surface area (Å²) in [5, 5.41) is 0.826. The highest BCUT2D eigenvalue weighted by Gasteiger charge is 2.22. The summed E-state index contributed by atoms with van der Waals surface area (Å²) in [4.78, 5) is 2.42. The number of rotatable bonds is 3. The van der Waals surface area contributed by atoms with Crippen molar-refractivity contribution in [1.29, 1.82) is 0 Å². The zero-order valence-electron chi connectivity index (χ0n) is 9.82. The van der Waals surface area contributed by atoms with Crippen molar-refractivity contribution in [3.05, 3.63) is 35.8 Å². The van der Waals surface area contributed by atoms with E-state index in [4.69, 9.17) is 11.6 Å². The van der Waals surface area contributed by atoms with E-state index in [1.54, 1.807) is 0 Å². The van der Waals surface area contributed by atoms with Crippen LogP contribution in [0.15, 0.2) is 24.3 Å². The van der Waals surface area contributed by atoms with Crippen LogP contribution in [0, 0.1) is 6.54 Å². The second-order valence-corrected chi connectivity index (χ2v) is 4.88. The van der Waals surface area contributed by atoms with E-state index in [9.17, 15) is 0 Å². The van der Waals surface area contributed by atoms with Crippen molar-refractivity contribution in [2.75, 3.05) is 4.90 Å². The van der Waals surface area contributed by atoms with Crippen molar-refractivity contribution in [2.45, 2.75) is 45.1 Å². The Morgan fingerprint density at radius 2 is 2.31 bits per heavy atom. The molecule has 1 heterocycles. The minimum absolute atomic E-state index is 0.664. The van der Waals surface area contributed by atoms with Crippen LogP contribution >= 0.6 is 11.6 Å². The highest BCUT2D eigenvalue weighted by molar-refractivity contribution is 6.30. The Morgan fingerprint density at radius 3 is 3.06 bits per heavy atom. The molecule has 0 spiro atoms. The summed E-state index contributed by atoms with van der Waals surface area (Å²) < 4.78 is 0. The van der Waals surface area contributed by atoms with Crippen LogP contribution in [0.2, 0.25) is 5.02 Å². The molecule has 87 valence electrons. The van der Waals surface area contributed by atoms with E-state index in [1.807, 2.05) is 12.1 Å². The third-order valence-electron chi connectivity index (χ3n) is 3.19. The van der Waals surface area contributed by atoms with Gasteiger partial charge < -0.3 is 4.90 Å². The van der Waals surface area contributed by atoms with Gasteiger partial charge in [-0.3, -0.25) is 0 Å². The molecule has 0 bridgehead atoms. The lowest BCUT2D eigenvalue weighted by atomic mass is 9.97. The summed E-state index contributed by atoms with van der Waals surface area (Å²) >= 11 is 6.05. The smallest absolute Gasteiger partial charge is 0.0496 e. The van der Waals surface area contributed by atoms with Gasteiger partial charge in [0, 0.05) is 23.3 Å². The molecular weight excluding hydrogens is 218 g/mol. The molecule has 1 aromatic carbocycles. The molecule has 1 radical (unpaired) electrons. The Balaban J connectivity index is 2.16. The van der Waals surface area contributed by atoms with Crippen molar-refractivity contribution in [3.8, 4) is 0 Å². The highest BCUT2D eigenvalue weighted by Crippen LogP contribution is 2.30. The van der Waals surface area contributed by atoms with E-state index in [0.29, 0.717) is 6.04 Å². The van der Waals surface area contributed by atoms with Crippen LogP contribution in [-0.4, -0.2) is 6.04 Å². The van der Waals surface area contributed by atoms with Gasteiger partial charge in [-0.25, -0.2) is 0 Å². The lowest BCUT2D eigenvalue weighted by molar-refractivity contribution is 0.468. The van der Waals surface area contributed by atoms with Gasteiger partial charge in [-0.1, -0.05) is 31.0 Å². The van der Waals surface area contributed by atoms with Gasteiger partial charge in [0.15, 0.2) is 0 Å². The van der Waals surface area contributed by atoms with Gasteiger partial charge >= 0.3 is 0 Å². The first-order valence-corrected chi connectivity index (χ1v) is 6.56. The van der Waals surface area contributed by atoms with Crippen LogP contribution in [-0.2, 0) is 0 Å². The van der Waals surface area contributed by atoms with E-state index >= 15 is 0 Å². The quantitative estimate of drug-likeness (QED) is 0.738. The molecule has 0 N–H and O–H groups in total. The predicted molar refractivity (Wildman–Crippen MR) is 70.8 cm³/mol. The average Bonchev–Trinajstić information content (AvgIpc) is 2.30. The van der Waals surface area contributed by atoms with Gasteiger partial charge in [0.1, 0.15) is 0 Å². The Bertz CT molecular complexity index is 335. The number of benzene rings is 1. The Kier molecular flexibility index (Phi) is 4.11. The Hall–Kier alpha value is -0.690. The summed E-state index contributed by atoms with van der Waals surface area (Å²) in [7, 11) is 0. The number of hydrogen-bond acceptors (Lipinski definition) is 1. The molecule has 0 amide bonds. The largest absolute Gasteiger partial charge is 0.363 e. The van der Waals surface area contributed by atoms with Gasteiger partial charge in [0.25, 0.3) is 0 Å². The topological polar surface area (TPSA) is 3.24 Å². The van der Waals surface area contributed by atoms with E-state index in [2.05, 4.69) is 30.5 Å². The molecule has 1 atom stereocenters. The van der Waals surface area contributed by atoms with Crippen LogP contribution in [0.1, 0.15) is 39.0 Å². The maximum Gasteiger partial charge on any atom is 0.0496 e. The predicted octanol–water partition coefficient (Wildman–Crippen LogP) is 4.66. The molecule has 2 rings (SSSR count). The minimum atomic E-state index is 0.664. The molecule has 1 fully saturated rings. The van der Waals surface area contributed by atoms with Crippen LogP contribution < -0.4 is 4.90 Å². The second-order valence-electron chi connectivity index (χ2n) is 4.44. The van der Waals surface area contributed by atoms with Crippen LogP contribution in [0.4, 0.5) is 5.69 Å². The first-order valence-electron chi connectivity index (χ1n) is 6.18. The van der Waals surface area contributed by atoms with Crippen LogP contribution in [0.5, 0.6) is 0 Å². The Labute approximate surface area is 103 Å². The normalized spacial score (nSPS) is 21.1. The van der Waals surface area contributed by atoms with Crippen molar-refractivity contribution in [2.24, 2.45) is 0 Å². The third kappa shape index (κ3) is 2.70. The molecule has 0 unspecified atom stereocenters. The first kappa shape index (κ1) is 11.8. The average molecular weight is 237 g/mol. The summed E-state index contributed by atoms with van der Waals surface area (Å²) in [5.74, 6) is 0. The molecule has 1 aliphatic heterocycles. The maximum absolute atomic E-state index is 6.05. The van der Waals surface area contributed by atoms with E-state index in [0.717, 1.165) is 5.02 Å². The fraction of sp³-hybridized carbons (Fsp3) is 0.500. The Morgan fingerprint density at radius 1 is 1.44 bits per heavy atom. The van der Waals surface area contributed by atoms with E-state index in [-0.39, 0.29) is 0 Å². The van der Waals surface area contributed by atoms with Gasteiger partial charge in [0.2, 0.25) is 0 Å². The van der Waals surface area contributed by atoms with E-state index < -0.39 is 0 Å². The number of hydrogen-bond donors (Lipinski definition) is 0. The zero-order valence-corrected chi connectivity index (χ0v) is 10.6. The lowest BCUT2D eigenvalue weighted by Crippen LogP contribution is -2.36. The SMILES string of the molecule is CCC[C@H]1CCC[CH]N1c1cccc(Cl)c1. The monoisotopic (exact) mass is 236 g/mol. The number of nitrogens with zero attached hydrogens (tertiary/aromatic N) is 1. The molecule has 2 heteroatoms. The molecule has 1 saturated heterocycles. The van der Waals surface area contributed by atoms with Crippen molar-refractivity contribution in [1.82, 2.24) is 0 Å². The fourth-order valence-corrected chi connectivity index (χ4v) is 2.63. The molecule has 1 nitrogen and oxygen atoms in total. The third-order valence-corrected chi connectivity index (χ3v) is 3.42. The molecule has 1 aromatic rings. The van der Waals surface area contributed by atoms with Crippen molar-refractivity contribution < 1.29 is 0 Å². The number of piperidine rings is 1. The van der Waals surface area contributed by atoms with Crippen molar-refractivity contribution in [3.63, 3.8) is 0 Å². The zero-order chi connectivity index (χ0) is 11.4. The fourth-order valence-electron chi connectivity index (χ4n) is 2.44. The number of halogens is 1. The second kappa shape index (κ2) is 5.58. The van der Waals surface area contributed by atoms with Crippen molar-refractivity contribution >= 4 is 17.3 Å². The van der Waals surface area contributed by atoms with Crippen LogP contribution in [0.3, 0.4) is 0 Å². The molecule has 0 saturated carbocycles. The first-order chi connectivity index (χ1) is 7.81. The summed E-state index contributed by atoms with van der Waals surface area (Å²) in [6, 6.07) is 8.84. The summed E-state index contributed by atoms with van der Waals surface area (Å²) in [6.07, 6.45) is 6.32. The standard InChI is InChI=1S/C14H19ClN/c1-2-6-13-8-3-4-10-16(13)14-9-5-7-12(15)11-14/h5,7,9-11,13H,2-4,6,8H2,1H3/t13-/m0/s1. The molecule has 1 aliphatic rings. The lowest BCUT2D eigenvalue weighted by Gasteiger charge is -2.37. The maximum atomic E-state index is 6.05. The molecule has 0 aliphatic carbocycles. The van der Waals surface area contributed by atoms with Gasteiger partial charge in [-0.05, 0) is 43.9 Å². The minimum Gasteiger partial charge on any atom is -0.363 e. The van der Waals surface area contributed by atoms with Gasteiger partial charge in [0.05, 0.1) is 0 Å². The van der Waals surface area contributed by atoms with Gasteiger partial charge in [-0.2, -0.15) is 0 Å². The molecule has 16 heavy (non-hydrogen) atoms. The highest BCUT2D eigenvalue weighted by atomic mass is 35.5. The number of anilines is 1. The summed E-state index contributed by atoms with van der Waals surface area (Å²) in [5.41, 5.74) is 1.24. The van der Waals surface area contributed by atoms with E-state index in [1.165, 1.54) is 37.8 Å². The van der Waals surface area contributed by atoms with Gasteiger partial charge in [-0.15, -0.1) is 0 Å². The molecule has 0 aromatic heterocycles.